The van der Waals surface area contributed by atoms with E-state index in [1.807, 2.05) is 6.92 Å². The molecule has 0 atom stereocenters. The zero-order valence-corrected chi connectivity index (χ0v) is 11.8. The zero-order valence-electron chi connectivity index (χ0n) is 11.8. The Bertz CT molecular complexity index is 627. The van der Waals surface area contributed by atoms with Gasteiger partial charge in [-0.25, -0.2) is 9.97 Å². The smallest absolute Gasteiger partial charge is 0.353 e. The Labute approximate surface area is 120 Å². The molecule has 2 N–H and O–H groups in total. The Morgan fingerprint density at radius 3 is 2.76 bits per heavy atom. The van der Waals surface area contributed by atoms with E-state index < -0.39 is 4.92 Å². The molecule has 21 heavy (non-hydrogen) atoms. The molecule has 112 valence electrons. The van der Waals surface area contributed by atoms with Crippen molar-refractivity contribution >= 4 is 23.1 Å². The number of rotatable bonds is 7. The number of hydrogen-bond donors (Lipinski definition) is 2. The normalized spacial score (nSPS) is 10.4. The summed E-state index contributed by atoms with van der Waals surface area (Å²) in [6.45, 7) is 4.37. The number of nitrogens with one attached hydrogen (secondary N) is 2. The van der Waals surface area contributed by atoms with Crippen LogP contribution in [0.2, 0.25) is 0 Å². The van der Waals surface area contributed by atoms with Crippen molar-refractivity contribution in [2.75, 3.05) is 17.2 Å². The second-order valence-corrected chi connectivity index (χ2v) is 4.40. The highest BCUT2D eigenvalue weighted by Crippen LogP contribution is 2.30. The van der Waals surface area contributed by atoms with E-state index in [1.165, 1.54) is 6.33 Å². The molecule has 9 heteroatoms. The summed E-state index contributed by atoms with van der Waals surface area (Å²) < 4.78 is 4.91. The van der Waals surface area contributed by atoms with E-state index in [0.717, 1.165) is 12.8 Å². The maximum atomic E-state index is 11.3. The van der Waals surface area contributed by atoms with E-state index >= 15 is 0 Å². The van der Waals surface area contributed by atoms with Crippen LogP contribution in [0, 0.1) is 17.0 Å². The highest BCUT2D eigenvalue weighted by Gasteiger charge is 2.23. The Balaban J connectivity index is 2.27. The van der Waals surface area contributed by atoms with Gasteiger partial charge in [-0.1, -0.05) is 18.5 Å². The summed E-state index contributed by atoms with van der Waals surface area (Å²) in [6, 6.07) is 1.62. The Kier molecular flexibility index (Phi) is 4.64. The average Bonchev–Trinajstić information content (AvgIpc) is 2.84. The molecule has 2 rings (SSSR count). The van der Waals surface area contributed by atoms with E-state index in [9.17, 15) is 10.1 Å². The van der Waals surface area contributed by atoms with Crippen molar-refractivity contribution in [3.63, 3.8) is 0 Å². The second kappa shape index (κ2) is 6.64. The lowest BCUT2D eigenvalue weighted by molar-refractivity contribution is -0.383. The summed E-state index contributed by atoms with van der Waals surface area (Å²) in [6.07, 6.45) is 3.14. The molecule has 0 aromatic carbocycles. The molecule has 0 spiro atoms. The van der Waals surface area contributed by atoms with E-state index in [4.69, 9.17) is 4.52 Å². The van der Waals surface area contributed by atoms with Crippen LogP contribution < -0.4 is 10.6 Å². The molecule has 2 aromatic rings. The fourth-order valence-electron chi connectivity index (χ4n) is 1.70. The molecule has 0 radical (unpaired) electrons. The standard InChI is InChI=1S/C12H16N6O3/c1-3-4-5-13-11-10(18(19)20)12(15-7-14-11)16-9-6-8(2)21-17-9/h6-7H,3-5H2,1-2H3,(H2,13,14,15,16,17). The lowest BCUT2D eigenvalue weighted by Gasteiger charge is -2.08. The molecule has 0 fully saturated rings. The van der Waals surface area contributed by atoms with Crippen LogP contribution in [0.4, 0.5) is 23.1 Å². The van der Waals surface area contributed by atoms with Crippen molar-refractivity contribution in [3.05, 3.63) is 28.3 Å². The summed E-state index contributed by atoms with van der Waals surface area (Å²) in [5.74, 6) is 1.21. The second-order valence-electron chi connectivity index (χ2n) is 4.40. The van der Waals surface area contributed by atoms with E-state index in [2.05, 4.69) is 25.8 Å². The van der Waals surface area contributed by atoms with E-state index in [-0.39, 0.29) is 17.3 Å². The van der Waals surface area contributed by atoms with Crippen molar-refractivity contribution in [2.45, 2.75) is 26.7 Å². The molecule has 0 saturated heterocycles. The predicted octanol–water partition coefficient (Wildman–Crippen LogP) is 2.64. The SMILES string of the molecule is CCCCNc1ncnc(Nc2cc(C)on2)c1[N+](=O)[O-]. The van der Waals surface area contributed by atoms with Crippen LogP contribution >= 0.6 is 0 Å². The van der Waals surface area contributed by atoms with Crippen molar-refractivity contribution in [1.82, 2.24) is 15.1 Å². The maximum Gasteiger partial charge on any atom is 0.353 e. The summed E-state index contributed by atoms with van der Waals surface area (Å²) in [7, 11) is 0. The third-order valence-electron chi connectivity index (χ3n) is 2.70. The van der Waals surface area contributed by atoms with Gasteiger partial charge in [0.2, 0.25) is 11.6 Å². The van der Waals surface area contributed by atoms with Gasteiger partial charge in [-0.2, -0.15) is 0 Å². The molecule has 0 amide bonds. The first kappa shape index (κ1) is 14.7. The average molecular weight is 292 g/mol. The van der Waals surface area contributed by atoms with Crippen LogP contribution in [0.25, 0.3) is 0 Å². The van der Waals surface area contributed by atoms with Gasteiger partial charge >= 0.3 is 5.69 Å². The molecule has 9 nitrogen and oxygen atoms in total. The number of nitrogens with zero attached hydrogens (tertiary/aromatic N) is 4. The highest BCUT2D eigenvalue weighted by molar-refractivity contribution is 5.72. The van der Waals surface area contributed by atoms with Gasteiger partial charge in [-0.05, 0) is 13.3 Å². The number of anilines is 3. The molecule has 0 aliphatic carbocycles. The summed E-state index contributed by atoms with van der Waals surface area (Å²) in [5, 5.41) is 20.7. The van der Waals surface area contributed by atoms with Crippen LogP contribution in [0.5, 0.6) is 0 Å². The maximum absolute atomic E-state index is 11.3. The summed E-state index contributed by atoms with van der Waals surface area (Å²) in [4.78, 5) is 18.6. The van der Waals surface area contributed by atoms with Gasteiger partial charge in [0.1, 0.15) is 12.1 Å². The molecule has 2 heterocycles. The molecule has 0 bridgehead atoms. The molecule has 0 aliphatic rings. The monoisotopic (exact) mass is 292 g/mol. The van der Waals surface area contributed by atoms with Crippen LogP contribution in [0.3, 0.4) is 0 Å². The third kappa shape index (κ3) is 3.65. The Hall–Kier alpha value is -2.71. The molecule has 2 aromatic heterocycles. The third-order valence-corrected chi connectivity index (χ3v) is 2.70. The van der Waals surface area contributed by atoms with Crippen molar-refractivity contribution < 1.29 is 9.45 Å². The quantitative estimate of drug-likeness (QED) is 0.454. The lowest BCUT2D eigenvalue weighted by Crippen LogP contribution is -2.09. The van der Waals surface area contributed by atoms with Gasteiger partial charge in [0.25, 0.3) is 0 Å². The number of aryl methyl sites for hydroxylation is 1. The van der Waals surface area contributed by atoms with Crippen LogP contribution in [0.15, 0.2) is 16.9 Å². The van der Waals surface area contributed by atoms with Crippen molar-refractivity contribution in [2.24, 2.45) is 0 Å². The largest absolute Gasteiger partial charge is 0.364 e. The molecule has 0 unspecified atom stereocenters. The Morgan fingerprint density at radius 1 is 1.38 bits per heavy atom. The predicted molar refractivity (Wildman–Crippen MR) is 76.6 cm³/mol. The topological polar surface area (TPSA) is 119 Å². The minimum absolute atomic E-state index is 0.0716. The van der Waals surface area contributed by atoms with Crippen molar-refractivity contribution in [1.29, 1.82) is 0 Å². The molecular formula is C12H16N6O3. The first-order valence-electron chi connectivity index (χ1n) is 6.55. The van der Waals surface area contributed by atoms with Crippen LogP contribution in [0.1, 0.15) is 25.5 Å². The van der Waals surface area contributed by atoms with Crippen molar-refractivity contribution in [3.8, 4) is 0 Å². The number of unbranched alkanes of at least 4 members (excludes halogenated alkanes) is 1. The number of nitro groups is 1. The molecule has 0 aliphatic heterocycles. The lowest BCUT2D eigenvalue weighted by atomic mass is 10.3. The van der Waals surface area contributed by atoms with Gasteiger partial charge in [-0.15, -0.1) is 0 Å². The van der Waals surface area contributed by atoms with E-state index in [1.54, 1.807) is 13.0 Å². The first-order chi connectivity index (χ1) is 10.1. The number of aromatic nitrogens is 3. The molecule has 0 saturated carbocycles. The zero-order chi connectivity index (χ0) is 15.2. The minimum Gasteiger partial charge on any atom is -0.364 e. The highest BCUT2D eigenvalue weighted by atomic mass is 16.6. The van der Waals surface area contributed by atoms with E-state index in [0.29, 0.717) is 18.1 Å². The molecular weight excluding hydrogens is 276 g/mol. The minimum atomic E-state index is -0.524. The summed E-state index contributed by atoms with van der Waals surface area (Å²) >= 11 is 0. The van der Waals surface area contributed by atoms with Gasteiger partial charge in [0.15, 0.2) is 5.82 Å². The van der Waals surface area contributed by atoms with Gasteiger partial charge in [-0.3, -0.25) is 10.1 Å². The van der Waals surface area contributed by atoms with Gasteiger partial charge < -0.3 is 15.2 Å². The van der Waals surface area contributed by atoms with Crippen LogP contribution in [-0.2, 0) is 0 Å². The number of hydrogen-bond acceptors (Lipinski definition) is 8. The first-order valence-corrected chi connectivity index (χ1v) is 6.55. The van der Waals surface area contributed by atoms with Crippen LogP contribution in [-0.4, -0.2) is 26.6 Å². The summed E-state index contributed by atoms with van der Waals surface area (Å²) in [5.41, 5.74) is -0.214. The van der Waals surface area contributed by atoms with Gasteiger partial charge in [0.05, 0.1) is 4.92 Å². The fraction of sp³-hybridized carbons (Fsp3) is 0.417. The van der Waals surface area contributed by atoms with Gasteiger partial charge in [0, 0.05) is 12.6 Å². The fourth-order valence-corrected chi connectivity index (χ4v) is 1.70. The Morgan fingerprint density at radius 2 is 2.14 bits per heavy atom.